The number of ether oxygens (including phenoxy) is 1. The van der Waals surface area contributed by atoms with Gasteiger partial charge in [-0.1, -0.05) is 6.07 Å². The fourth-order valence-electron chi connectivity index (χ4n) is 2.21. The lowest BCUT2D eigenvalue weighted by Gasteiger charge is -2.23. The molecule has 0 aromatic heterocycles. The monoisotopic (exact) mass is 205 g/mol. The molecule has 80 valence electrons. The van der Waals surface area contributed by atoms with E-state index in [4.69, 9.17) is 10.5 Å². The average Bonchev–Trinajstić information content (AvgIpc) is 2.27. The molecule has 1 aliphatic carbocycles. The van der Waals surface area contributed by atoms with Gasteiger partial charge in [-0.05, 0) is 42.5 Å². The number of fused-ring (bicyclic) bond motifs is 1. The third-order valence-electron chi connectivity index (χ3n) is 3.01. The number of carbonyl (C=O) groups excluding carboxylic acids is 1. The van der Waals surface area contributed by atoms with E-state index in [0.29, 0.717) is 0 Å². The van der Waals surface area contributed by atoms with Gasteiger partial charge in [-0.2, -0.15) is 0 Å². The lowest BCUT2D eigenvalue weighted by atomic mass is 9.82. The lowest BCUT2D eigenvalue weighted by Crippen LogP contribution is -2.24. The summed E-state index contributed by atoms with van der Waals surface area (Å²) in [6, 6.07) is 5.85. The second-order valence-corrected chi connectivity index (χ2v) is 3.91. The maximum Gasteiger partial charge on any atom is 0.224 e. The number of primary amides is 1. The van der Waals surface area contributed by atoms with E-state index in [9.17, 15) is 4.79 Å². The molecular weight excluding hydrogens is 190 g/mol. The maximum atomic E-state index is 11.3. The minimum absolute atomic E-state index is 0.111. The largest absolute Gasteiger partial charge is 0.497 e. The van der Waals surface area contributed by atoms with Crippen LogP contribution in [-0.4, -0.2) is 13.0 Å². The second kappa shape index (κ2) is 3.93. The van der Waals surface area contributed by atoms with E-state index < -0.39 is 0 Å². The van der Waals surface area contributed by atoms with Crippen molar-refractivity contribution in [1.82, 2.24) is 0 Å². The van der Waals surface area contributed by atoms with Gasteiger partial charge >= 0.3 is 0 Å². The summed E-state index contributed by atoms with van der Waals surface area (Å²) in [7, 11) is 1.65. The molecule has 1 aromatic carbocycles. The summed E-state index contributed by atoms with van der Waals surface area (Å²) in [6.45, 7) is 0. The minimum atomic E-state index is -0.221. The molecule has 2 N–H and O–H groups in total. The molecule has 0 saturated heterocycles. The van der Waals surface area contributed by atoms with Crippen molar-refractivity contribution in [3.05, 3.63) is 29.3 Å². The van der Waals surface area contributed by atoms with E-state index >= 15 is 0 Å². The van der Waals surface area contributed by atoms with Crippen LogP contribution in [0, 0.1) is 0 Å². The van der Waals surface area contributed by atoms with Gasteiger partial charge in [0.05, 0.1) is 13.0 Å². The second-order valence-electron chi connectivity index (χ2n) is 3.91. The fraction of sp³-hybridized carbons (Fsp3) is 0.417. The van der Waals surface area contributed by atoms with Gasteiger partial charge in [-0.3, -0.25) is 4.79 Å². The first-order valence-electron chi connectivity index (χ1n) is 5.18. The Morgan fingerprint density at radius 3 is 3.00 bits per heavy atom. The smallest absolute Gasteiger partial charge is 0.224 e. The Balaban J connectivity index is 2.40. The molecule has 0 unspecified atom stereocenters. The van der Waals surface area contributed by atoms with Crippen molar-refractivity contribution in [2.45, 2.75) is 25.2 Å². The van der Waals surface area contributed by atoms with Crippen molar-refractivity contribution in [3.63, 3.8) is 0 Å². The predicted octanol–water partition coefficient (Wildman–Crippen LogP) is 1.60. The summed E-state index contributed by atoms with van der Waals surface area (Å²) < 4.78 is 5.16. The van der Waals surface area contributed by atoms with E-state index in [-0.39, 0.29) is 11.8 Å². The van der Waals surface area contributed by atoms with Crippen LogP contribution in [0.3, 0.4) is 0 Å². The van der Waals surface area contributed by atoms with Crippen LogP contribution in [-0.2, 0) is 11.2 Å². The van der Waals surface area contributed by atoms with Crippen molar-refractivity contribution in [3.8, 4) is 5.75 Å². The average molecular weight is 205 g/mol. The molecule has 15 heavy (non-hydrogen) atoms. The van der Waals surface area contributed by atoms with Crippen LogP contribution in [0.25, 0.3) is 0 Å². The van der Waals surface area contributed by atoms with Gasteiger partial charge in [0.1, 0.15) is 5.75 Å². The summed E-state index contributed by atoms with van der Waals surface area (Å²) in [5.41, 5.74) is 7.66. The van der Waals surface area contributed by atoms with Crippen LogP contribution >= 0.6 is 0 Å². The number of amides is 1. The van der Waals surface area contributed by atoms with Crippen LogP contribution in [0.1, 0.15) is 29.9 Å². The first-order chi connectivity index (χ1) is 7.22. The Hall–Kier alpha value is -1.51. The molecule has 0 heterocycles. The molecule has 1 amide bonds. The summed E-state index contributed by atoms with van der Waals surface area (Å²) in [5.74, 6) is 0.514. The van der Waals surface area contributed by atoms with Crippen LogP contribution in [0.4, 0.5) is 0 Å². The van der Waals surface area contributed by atoms with E-state index in [2.05, 4.69) is 0 Å². The molecular formula is C12H15NO2. The topological polar surface area (TPSA) is 52.3 Å². The molecule has 1 aromatic rings. The zero-order valence-corrected chi connectivity index (χ0v) is 8.82. The predicted molar refractivity (Wildman–Crippen MR) is 57.9 cm³/mol. The van der Waals surface area contributed by atoms with E-state index in [1.54, 1.807) is 7.11 Å². The molecule has 0 spiro atoms. The van der Waals surface area contributed by atoms with Crippen LogP contribution < -0.4 is 10.5 Å². The third kappa shape index (κ3) is 1.82. The highest BCUT2D eigenvalue weighted by Crippen LogP contribution is 2.33. The van der Waals surface area contributed by atoms with Crippen LogP contribution in [0.2, 0.25) is 0 Å². The Labute approximate surface area is 89.2 Å². The summed E-state index contributed by atoms with van der Waals surface area (Å²) in [6.07, 6.45) is 2.90. The van der Waals surface area contributed by atoms with E-state index in [0.717, 1.165) is 30.6 Å². The Morgan fingerprint density at radius 2 is 2.33 bits per heavy atom. The van der Waals surface area contributed by atoms with Gasteiger partial charge in [0.2, 0.25) is 5.91 Å². The number of hydrogen-bond acceptors (Lipinski definition) is 2. The highest BCUT2D eigenvalue weighted by molar-refractivity contribution is 5.82. The molecule has 0 aliphatic heterocycles. The third-order valence-corrected chi connectivity index (χ3v) is 3.01. The van der Waals surface area contributed by atoms with Gasteiger partial charge in [-0.25, -0.2) is 0 Å². The molecule has 3 heteroatoms. The van der Waals surface area contributed by atoms with Crippen molar-refractivity contribution in [2.24, 2.45) is 5.73 Å². The zero-order chi connectivity index (χ0) is 10.8. The Kier molecular flexibility index (Phi) is 2.62. The number of hydrogen-bond donors (Lipinski definition) is 1. The highest BCUT2D eigenvalue weighted by Gasteiger charge is 2.24. The zero-order valence-electron chi connectivity index (χ0n) is 8.82. The Bertz CT molecular complexity index is 387. The fourth-order valence-corrected chi connectivity index (χ4v) is 2.21. The van der Waals surface area contributed by atoms with Gasteiger partial charge in [0, 0.05) is 0 Å². The molecule has 0 bridgehead atoms. The number of methoxy groups -OCH3 is 1. The highest BCUT2D eigenvalue weighted by atomic mass is 16.5. The number of nitrogens with two attached hydrogens (primary N) is 1. The number of benzene rings is 1. The first kappa shape index (κ1) is 10.0. The summed E-state index contributed by atoms with van der Waals surface area (Å²) in [5, 5.41) is 0. The lowest BCUT2D eigenvalue weighted by molar-refractivity contribution is -0.119. The standard InChI is InChI=1S/C12H15NO2/c1-15-9-5-6-10-8(7-9)3-2-4-11(10)12(13)14/h5-7,11H,2-4H2,1H3,(H2,13,14)/t11-/m1/s1. The normalized spacial score (nSPS) is 19.4. The first-order valence-corrected chi connectivity index (χ1v) is 5.18. The van der Waals surface area contributed by atoms with Crippen LogP contribution in [0.5, 0.6) is 5.75 Å². The van der Waals surface area contributed by atoms with Gasteiger partial charge in [0.25, 0.3) is 0 Å². The summed E-state index contributed by atoms with van der Waals surface area (Å²) in [4.78, 5) is 11.3. The quantitative estimate of drug-likeness (QED) is 0.797. The molecule has 1 atom stereocenters. The molecule has 0 saturated carbocycles. The van der Waals surface area contributed by atoms with E-state index in [1.807, 2.05) is 18.2 Å². The maximum absolute atomic E-state index is 11.3. The molecule has 0 fully saturated rings. The molecule has 2 rings (SSSR count). The Morgan fingerprint density at radius 1 is 1.53 bits per heavy atom. The number of aryl methyl sites for hydroxylation is 1. The van der Waals surface area contributed by atoms with Crippen molar-refractivity contribution >= 4 is 5.91 Å². The van der Waals surface area contributed by atoms with Crippen molar-refractivity contribution < 1.29 is 9.53 Å². The molecule has 1 aliphatic rings. The van der Waals surface area contributed by atoms with E-state index in [1.165, 1.54) is 5.56 Å². The molecule has 0 radical (unpaired) electrons. The van der Waals surface area contributed by atoms with Crippen LogP contribution in [0.15, 0.2) is 18.2 Å². The SMILES string of the molecule is COc1ccc2c(c1)CCC[C@H]2C(N)=O. The minimum Gasteiger partial charge on any atom is -0.497 e. The van der Waals surface area contributed by atoms with Gasteiger partial charge < -0.3 is 10.5 Å². The number of rotatable bonds is 2. The van der Waals surface area contributed by atoms with Gasteiger partial charge in [0.15, 0.2) is 0 Å². The summed E-state index contributed by atoms with van der Waals surface area (Å²) >= 11 is 0. The molecule has 3 nitrogen and oxygen atoms in total. The number of carbonyl (C=O) groups is 1. The van der Waals surface area contributed by atoms with Crippen molar-refractivity contribution in [1.29, 1.82) is 0 Å². The van der Waals surface area contributed by atoms with Crippen molar-refractivity contribution in [2.75, 3.05) is 7.11 Å². The van der Waals surface area contributed by atoms with Gasteiger partial charge in [-0.15, -0.1) is 0 Å².